The van der Waals surface area contributed by atoms with Gasteiger partial charge < -0.3 is 25.2 Å². The van der Waals surface area contributed by atoms with Crippen molar-refractivity contribution in [3.63, 3.8) is 0 Å². The van der Waals surface area contributed by atoms with E-state index in [1.54, 1.807) is 0 Å². The number of ketones is 1. The van der Waals surface area contributed by atoms with Gasteiger partial charge in [0, 0.05) is 12.1 Å². The van der Waals surface area contributed by atoms with Crippen molar-refractivity contribution in [2.24, 2.45) is 0 Å². The van der Waals surface area contributed by atoms with E-state index in [0.29, 0.717) is 5.56 Å². The van der Waals surface area contributed by atoms with Crippen LogP contribution in [0.15, 0.2) is 30.3 Å². The van der Waals surface area contributed by atoms with Crippen molar-refractivity contribution in [3.8, 4) is 28.7 Å². The maximum atomic E-state index is 12.1. The molecule has 0 saturated carbocycles. The van der Waals surface area contributed by atoms with Crippen molar-refractivity contribution in [2.75, 3.05) is 0 Å². The lowest BCUT2D eigenvalue weighted by atomic mass is 9.95. The van der Waals surface area contributed by atoms with Crippen LogP contribution in [0.4, 0.5) is 0 Å². The molecule has 21 heavy (non-hydrogen) atoms. The smallest absolute Gasteiger partial charge is 0.174 e. The molecule has 4 N–H and O–H groups in total. The van der Waals surface area contributed by atoms with Gasteiger partial charge >= 0.3 is 0 Å². The van der Waals surface area contributed by atoms with Crippen LogP contribution in [0.1, 0.15) is 28.4 Å². The number of carbonyl (C=O) groups is 1. The highest BCUT2D eigenvalue weighted by molar-refractivity contribution is 6.02. The highest BCUT2D eigenvalue weighted by Gasteiger charge is 2.31. The number of phenolic OH excluding ortho intramolecular Hbond substituents is 4. The molecule has 2 aromatic rings. The van der Waals surface area contributed by atoms with Crippen LogP contribution in [-0.2, 0) is 0 Å². The average Bonchev–Trinajstić information content (AvgIpc) is 2.40. The summed E-state index contributed by atoms with van der Waals surface area (Å²) in [5.74, 6) is -1.37. The molecule has 0 amide bonds. The summed E-state index contributed by atoms with van der Waals surface area (Å²) in [5.41, 5.74) is 0.541. The normalized spacial score (nSPS) is 17.1. The van der Waals surface area contributed by atoms with Crippen LogP contribution in [0, 0.1) is 0 Å². The van der Waals surface area contributed by atoms with Crippen LogP contribution in [-0.4, -0.2) is 26.2 Å². The molecule has 0 spiro atoms. The third-order valence-electron chi connectivity index (χ3n) is 3.36. The lowest BCUT2D eigenvalue weighted by Gasteiger charge is -2.26. The van der Waals surface area contributed by atoms with Crippen molar-refractivity contribution in [1.29, 1.82) is 0 Å². The Morgan fingerprint density at radius 1 is 0.952 bits per heavy atom. The molecule has 0 fully saturated rings. The van der Waals surface area contributed by atoms with Gasteiger partial charge in [-0.25, -0.2) is 0 Å². The fourth-order valence-corrected chi connectivity index (χ4v) is 2.35. The summed E-state index contributed by atoms with van der Waals surface area (Å²) in [6, 6.07) is 6.46. The topological polar surface area (TPSA) is 107 Å². The van der Waals surface area contributed by atoms with Gasteiger partial charge in [0.1, 0.15) is 28.9 Å². The largest absolute Gasteiger partial charge is 0.508 e. The minimum atomic E-state index is -0.669. The molecule has 6 nitrogen and oxygen atoms in total. The fraction of sp³-hybridized carbons (Fsp3) is 0.133. The standard InChI is InChI=1S/C15H12O6/c16-8-4-11(19)15-12(20)6-13(21-14(15)5-8)7-1-2-9(17)10(18)3-7/h1-5,13,16-19H,6H2/t13-/m1/s1. The third kappa shape index (κ3) is 2.20. The molecule has 1 atom stereocenters. The molecule has 0 bridgehead atoms. The van der Waals surface area contributed by atoms with Crippen molar-refractivity contribution in [1.82, 2.24) is 0 Å². The van der Waals surface area contributed by atoms with Gasteiger partial charge in [-0.3, -0.25) is 4.79 Å². The Morgan fingerprint density at radius 3 is 2.43 bits per heavy atom. The summed E-state index contributed by atoms with van der Waals surface area (Å²) in [5, 5.41) is 38.0. The monoisotopic (exact) mass is 288 g/mol. The summed E-state index contributed by atoms with van der Waals surface area (Å²) in [4.78, 5) is 12.1. The van der Waals surface area contributed by atoms with Gasteiger partial charge in [-0.1, -0.05) is 6.07 Å². The molecule has 0 saturated heterocycles. The van der Waals surface area contributed by atoms with Crippen LogP contribution in [0.5, 0.6) is 28.7 Å². The summed E-state index contributed by atoms with van der Waals surface area (Å²) in [7, 11) is 0. The number of Topliss-reactive ketones (excluding diaryl/α,β-unsaturated/α-hetero) is 1. The number of hydrogen-bond acceptors (Lipinski definition) is 6. The lowest BCUT2D eigenvalue weighted by molar-refractivity contribution is 0.0844. The van der Waals surface area contributed by atoms with E-state index in [9.17, 15) is 25.2 Å². The predicted octanol–water partition coefficient (Wildman–Crippen LogP) is 2.22. The first-order chi connectivity index (χ1) is 9.95. The van der Waals surface area contributed by atoms with E-state index in [4.69, 9.17) is 4.74 Å². The molecule has 0 radical (unpaired) electrons. The molecule has 1 heterocycles. The number of rotatable bonds is 1. The third-order valence-corrected chi connectivity index (χ3v) is 3.36. The maximum Gasteiger partial charge on any atom is 0.174 e. The lowest BCUT2D eigenvalue weighted by Crippen LogP contribution is -2.20. The van der Waals surface area contributed by atoms with Crippen LogP contribution in [0.2, 0.25) is 0 Å². The minimum Gasteiger partial charge on any atom is -0.508 e. The molecular formula is C15H12O6. The molecule has 0 aromatic heterocycles. The zero-order chi connectivity index (χ0) is 15.1. The first-order valence-corrected chi connectivity index (χ1v) is 6.23. The Bertz CT molecular complexity index is 737. The number of ether oxygens (including phenoxy) is 1. The number of fused-ring (bicyclic) bond motifs is 1. The Hall–Kier alpha value is -2.89. The van der Waals surface area contributed by atoms with E-state index in [-0.39, 0.29) is 46.5 Å². The van der Waals surface area contributed by atoms with Crippen molar-refractivity contribution in [2.45, 2.75) is 12.5 Å². The quantitative estimate of drug-likeness (QED) is 0.599. The number of phenols is 4. The molecular weight excluding hydrogens is 276 g/mol. The summed E-state index contributed by atoms with van der Waals surface area (Å²) >= 11 is 0. The highest BCUT2D eigenvalue weighted by atomic mass is 16.5. The van der Waals surface area contributed by atoms with Crippen LogP contribution in [0.3, 0.4) is 0 Å². The molecule has 6 heteroatoms. The Kier molecular flexibility index (Phi) is 2.86. The van der Waals surface area contributed by atoms with E-state index in [2.05, 4.69) is 0 Å². The van der Waals surface area contributed by atoms with Gasteiger partial charge in [0.15, 0.2) is 17.3 Å². The minimum absolute atomic E-state index is 0.0183. The summed E-state index contributed by atoms with van der Waals surface area (Å²) in [6.07, 6.45) is -0.687. The predicted molar refractivity (Wildman–Crippen MR) is 71.9 cm³/mol. The van der Waals surface area contributed by atoms with Gasteiger partial charge in [0.05, 0.1) is 6.42 Å². The van der Waals surface area contributed by atoms with E-state index in [0.717, 1.165) is 6.07 Å². The fourth-order valence-electron chi connectivity index (χ4n) is 2.35. The van der Waals surface area contributed by atoms with Gasteiger partial charge in [-0.2, -0.15) is 0 Å². The van der Waals surface area contributed by atoms with E-state index >= 15 is 0 Å². The van der Waals surface area contributed by atoms with Crippen LogP contribution >= 0.6 is 0 Å². The molecule has 0 aliphatic carbocycles. The number of aromatic hydroxyl groups is 4. The Balaban J connectivity index is 2.01. The molecule has 108 valence electrons. The first-order valence-electron chi connectivity index (χ1n) is 6.23. The SMILES string of the molecule is O=C1C[C@H](c2ccc(O)c(O)c2)Oc2cc(O)cc(O)c21. The van der Waals surface area contributed by atoms with Crippen molar-refractivity contribution in [3.05, 3.63) is 41.5 Å². The van der Waals surface area contributed by atoms with Gasteiger partial charge in [-0.05, 0) is 17.7 Å². The second kappa shape index (κ2) is 4.59. The Morgan fingerprint density at radius 2 is 1.71 bits per heavy atom. The molecule has 0 unspecified atom stereocenters. The summed E-state index contributed by atoms with van der Waals surface area (Å²) < 4.78 is 5.61. The van der Waals surface area contributed by atoms with Crippen molar-refractivity contribution < 1.29 is 30.0 Å². The van der Waals surface area contributed by atoms with Gasteiger partial charge in [-0.15, -0.1) is 0 Å². The van der Waals surface area contributed by atoms with E-state index < -0.39 is 6.10 Å². The second-order valence-corrected chi connectivity index (χ2v) is 4.82. The number of hydrogen-bond donors (Lipinski definition) is 4. The van der Waals surface area contributed by atoms with Crippen LogP contribution in [0.25, 0.3) is 0 Å². The molecule has 1 aliphatic rings. The number of benzene rings is 2. The zero-order valence-electron chi connectivity index (χ0n) is 10.8. The zero-order valence-corrected chi connectivity index (χ0v) is 10.8. The van der Waals surface area contributed by atoms with E-state index in [1.807, 2.05) is 0 Å². The first kappa shape index (κ1) is 13.1. The molecule has 2 aromatic carbocycles. The Labute approximate surface area is 119 Å². The molecule has 3 rings (SSSR count). The van der Waals surface area contributed by atoms with Gasteiger partial charge in [0.2, 0.25) is 0 Å². The van der Waals surface area contributed by atoms with E-state index in [1.165, 1.54) is 24.3 Å². The maximum absolute atomic E-state index is 12.1. The highest BCUT2D eigenvalue weighted by Crippen LogP contribution is 2.42. The summed E-state index contributed by atoms with van der Waals surface area (Å²) in [6.45, 7) is 0. The second-order valence-electron chi connectivity index (χ2n) is 4.82. The average molecular weight is 288 g/mol. The van der Waals surface area contributed by atoms with Crippen LogP contribution < -0.4 is 4.74 Å². The number of carbonyl (C=O) groups excluding carboxylic acids is 1. The van der Waals surface area contributed by atoms with Crippen molar-refractivity contribution >= 4 is 5.78 Å². The van der Waals surface area contributed by atoms with Gasteiger partial charge in [0.25, 0.3) is 0 Å². The molecule has 1 aliphatic heterocycles.